The number of nitrogens with one attached hydrogen (secondary N) is 1. The summed E-state index contributed by atoms with van der Waals surface area (Å²) in [6, 6.07) is 3.44. The van der Waals surface area contributed by atoms with Gasteiger partial charge in [-0.05, 0) is 12.1 Å². The molecule has 2 aromatic heterocycles. The van der Waals surface area contributed by atoms with Gasteiger partial charge in [-0.2, -0.15) is 0 Å². The Balaban J connectivity index is 0.00000280. The number of aliphatic imine (C=N–C) groups is 1. The highest BCUT2D eigenvalue weighted by molar-refractivity contribution is 14.0. The van der Waals surface area contributed by atoms with Crippen LogP contribution in [0.2, 0.25) is 0 Å². The highest BCUT2D eigenvalue weighted by Gasteiger charge is 2.25. The van der Waals surface area contributed by atoms with E-state index in [9.17, 15) is 4.79 Å². The maximum Gasteiger partial charge on any atom is 0.289 e. The van der Waals surface area contributed by atoms with Crippen LogP contribution in [0.1, 0.15) is 42.0 Å². The Labute approximate surface area is 187 Å². The Morgan fingerprint density at radius 2 is 1.96 bits per heavy atom. The molecule has 7 nitrogen and oxygen atoms in total. The van der Waals surface area contributed by atoms with Crippen molar-refractivity contribution in [3.63, 3.8) is 0 Å². The van der Waals surface area contributed by atoms with Crippen LogP contribution in [-0.2, 0) is 12.0 Å². The van der Waals surface area contributed by atoms with E-state index in [1.165, 1.54) is 6.26 Å². The number of guanidine groups is 1. The van der Waals surface area contributed by atoms with Crippen LogP contribution < -0.4 is 5.32 Å². The second-order valence-electron chi connectivity index (χ2n) is 7.53. The molecule has 0 atom stereocenters. The summed E-state index contributed by atoms with van der Waals surface area (Å²) in [6.45, 7) is 9.91. The third kappa shape index (κ3) is 5.47. The Hall–Kier alpha value is -1.62. The molecule has 154 valence electrons. The molecule has 0 aliphatic carbocycles. The SMILES string of the molecule is CN=C(NCc1nc(C(C)(C)C)cs1)N1CCN(C(=O)c2ccco2)CC1.I. The molecule has 9 heteroatoms. The summed E-state index contributed by atoms with van der Waals surface area (Å²) in [6.07, 6.45) is 1.53. The molecule has 3 heterocycles. The fourth-order valence-electron chi connectivity index (χ4n) is 2.90. The van der Waals surface area contributed by atoms with Gasteiger partial charge in [0.25, 0.3) is 5.91 Å². The van der Waals surface area contributed by atoms with E-state index in [1.807, 2.05) is 4.90 Å². The molecular formula is C19H28IN5O2S. The summed E-state index contributed by atoms with van der Waals surface area (Å²) in [5, 5.41) is 6.57. The molecule has 1 aliphatic heterocycles. The predicted molar refractivity (Wildman–Crippen MR) is 123 cm³/mol. The van der Waals surface area contributed by atoms with Crippen LogP contribution in [0.5, 0.6) is 0 Å². The minimum absolute atomic E-state index is 0. The fourth-order valence-corrected chi connectivity index (χ4v) is 3.86. The smallest absolute Gasteiger partial charge is 0.289 e. The Kier molecular flexibility index (Phi) is 7.87. The molecule has 1 fully saturated rings. The Morgan fingerprint density at radius 3 is 2.50 bits per heavy atom. The maximum absolute atomic E-state index is 12.4. The zero-order valence-electron chi connectivity index (χ0n) is 16.8. The first-order valence-corrected chi connectivity index (χ1v) is 9.99. The third-order valence-corrected chi connectivity index (χ3v) is 5.38. The van der Waals surface area contributed by atoms with Gasteiger partial charge in [-0.3, -0.25) is 9.79 Å². The normalized spacial score (nSPS) is 15.4. The largest absolute Gasteiger partial charge is 0.459 e. The van der Waals surface area contributed by atoms with Gasteiger partial charge in [0.1, 0.15) is 5.01 Å². The van der Waals surface area contributed by atoms with E-state index in [2.05, 4.69) is 41.4 Å². The van der Waals surface area contributed by atoms with Crippen LogP contribution >= 0.6 is 35.3 Å². The van der Waals surface area contributed by atoms with Gasteiger partial charge in [0.15, 0.2) is 11.7 Å². The molecule has 2 aromatic rings. The number of nitrogens with zero attached hydrogens (tertiary/aromatic N) is 4. The lowest BCUT2D eigenvalue weighted by Gasteiger charge is -2.36. The van der Waals surface area contributed by atoms with Crippen LogP contribution in [0.15, 0.2) is 33.2 Å². The van der Waals surface area contributed by atoms with Gasteiger partial charge >= 0.3 is 0 Å². The molecule has 3 rings (SSSR count). The van der Waals surface area contributed by atoms with Crippen molar-refractivity contribution in [3.05, 3.63) is 40.2 Å². The summed E-state index contributed by atoms with van der Waals surface area (Å²) >= 11 is 1.67. The number of hydrogen-bond acceptors (Lipinski definition) is 5. The number of carbonyl (C=O) groups is 1. The number of rotatable bonds is 3. The molecular weight excluding hydrogens is 489 g/mol. The van der Waals surface area contributed by atoms with Crippen molar-refractivity contribution >= 4 is 47.2 Å². The second kappa shape index (κ2) is 9.73. The molecule has 1 aliphatic rings. The lowest BCUT2D eigenvalue weighted by molar-refractivity contribution is 0.0657. The number of hydrogen-bond donors (Lipinski definition) is 1. The van der Waals surface area contributed by atoms with Crippen LogP contribution in [-0.4, -0.2) is 59.9 Å². The molecule has 0 spiro atoms. The van der Waals surface area contributed by atoms with E-state index in [4.69, 9.17) is 9.40 Å². The molecule has 1 N–H and O–H groups in total. The molecule has 0 radical (unpaired) electrons. The molecule has 0 saturated carbocycles. The first-order chi connectivity index (χ1) is 12.9. The number of carbonyl (C=O) groups excluding carboxylic acids is 1. The van der Waals surface area contributed by atoms with Crippen molar-refractivity contribution in [3.8, 4) is 0 Å². The molecule has 0 unspecified atom stereocenters. The second-order valence-corrected chi connectivity index (χ2v) is 8.48. The molecule has 28 heavy (non-hydrogen) atoms. The monoisotopic (exact) mass is 517 g/mol. The summed E-state index contributed by atoms with van der Waals surface area (Å²) in [4.78, 5) is 25.5. The molecule has 0 bridgehead atoms. The van der Waals surface area contributed by atoms with Crippen molar-refractivity contribution in [2.75, 3.05) is 33.2 Å². The van der Waals surface area contributed by atoms with Crippen molar-refractivity contribution < 1.29 is 9.21 Å². The van der Waals surface area contributed by atoms with Gasteiger partial charge in [0, 0.05) is 44.0 Å². The fraction of sp³-hybridized carbons (Fsp3) is 0.526. The average molecular weight is 517 g/mol. The van der Waals surface area contributed by atoms with E-state index in [1.54, 1.807) is 30.5 Å². The van der Waals surface area contributed by atoms with Gasteiger partial charge in [-0.25, -0.2) is 4.98 Å². The highest BCUT2D eigenvalue weighted by atomic mass is 127. The van der Waals surface area contributed by atoms with Crippen LogP contribution in [0.4, 0.5) is 0 Å². The van der Waals surface area contributed by atoms with Crippen molar-refractivity contribution in [2.45, 2.75) is 32.7 Å². The van der Waals surface area contributed by atoms with Crippen molar-refractivity contribution in [1.82, 2.24) is 20.1 Å². The quantitative estimate of drug-likeness (QED) is 0.385. The van der Waals surface area contributed by atoms with Crippen molar-refractivity contribution in [2.24, 2.45) is 4.99 Å². The van der Waals surface area contributed by atoms with E-state index >= 15 is 0 Å². The van der Waals surface area contributed by atoms with Gasteiger partial charge < -0.3 is 19.5 Å². The number of piperazine rings is 1. The number of amides is 1. The number of furan rings is 1. The van der Waals surface area contributed by atoms with E-state index in [0.717, 1.165) is 29.8 Å². The minimum Gasteiger partial charge on any atom is -0.459 e. The molecule has 1 amide bonds. The number of halogens is 1. The van der Waals surface area contributed by atoms with Gasteiger partial charge in [-0.1, -0.05) is 20.8 Å². The summed E-state index contributed by atoms with van der Waals surface area (Å²) in [5.74, 6) is 1.18. The van der Waals surface area contributed by atoms with E-state index in [0.29, 0.717) is 25.4 Å². The van der Waals surface area contributed by atoms with Crippen LogP contribution in [0, 0.1) is 0 Å². The van der Waals surface area contributed by atoms with Gasteiger partial charge in [-0.15, -0.1) is 35.3 Å². The average Bonchev–Trinajstić information content (AvgIpc) is 3.34. The zero-order valence-corrected chi connectivity index (χ0v) is 19.9. The Bertz CT molecular complexity index is 790. The molecule has 0 aromatic carbocycles. The zero-order chi connectivity index (χ0) is 19.4. The van der Waals surface area contributed by atoms with Gasteiger partial charge in [0.05, 0.1) is 18.5 Å². The lowest BCUT2D eigenvalue weighted by atomic mass is 9.93. The van der Waals surface area contributed by atoms with E-state index < -0.39 is 0 Å². The first-order valence-electron chi connectivity index (χ1n) is 9.12. The number of thiazole rings is 1. The van der Waals surface area contributed by atoms with Gasteiger partial charge in [0.2, 0.25) is 0 Å². The Morgan fingerprint density at radius 1 is 1.29 bits per heavy atom. The number of aromatic nitrogens is 1. The summed E-state index contributed by atoms with van der Waals surface area (Å²) in [7, 11) is 1.78. The lowest BCUT2D eigenvalue weighted by Crippen LogP contribution is -2.53. The van der Waals surface area contributed by atoms with E-state index in [-0.39, 0.29) is 35.3 Å². The molecule has 1 saturated heterocycles. The highest BCUT2D eigenvalue weighted by Crippen LogP contribution is 2.23. The third-order valence-electron chi connectivity index (χ3n) is 4.53. The topological polar surface area (TPSA) is 74.0 Å². The maximum atomic E-state index is 12.4. The standard InChI is InChI=1S/C19H27N5O2S.HI/c1-19(2,3)15-13-27-16(22-15)12-21-18(20-4)24-9-7-23(8-10-24)17(25)14-6-5-11-26-14;/h5-6,11,13H,7-10,12H2,1-4H3,(H,20,21);1H. The first kappa shape index (κ1) is 22.7. The predicted octanol–water partition coefficient (Wildman–Crippen LogP) is 3.19. The summed E-state index contributed by atoms with van der Waals surface area (Å²) < 4.78 is 5.21. The summed E-state index contributed by atoms with van der Waals surface area (Å²) in [5.41, 5.74) is 1.18. The van der Waals surface area contributed by atoms with Crippen LogP contribution in [0.3, 0.4) is 0 Å². The van der Waals surface area contributed by atoms with Crippen molar-refractivity contribution in [1.29, 1.82) is 0 Å². The van der Waals surface area contributed by atoms with Crippen LogP contribution in [0.25, 0.3) is 0 Å². The minimum atomic E-state index is -0.0555.